The molecular weight excluding hydrogens is 251 g/mol. The Labute approximate surface area is 109 Å². The molecule has 2 aromatic heterocycles. The lowest BCUT2D eigenvalue weighted by molar-refractivity contribution is 0.0934. The molecule has 1 N–H and O–H groups in total. The minimum absolute atomic E-state index is 0.0128. The van der Waals surface area contributed by atoms with Crippen molar-refractivity contribution in [3.63, 3.8) is 0 Å². The number of amides is 1. The second-order valence-corrected chi connectivity index (χ2v) is 5.04. The van der Waals surface area contributed by atoms with Gasteiger partial charge in [-0.2, -0.15) is 4.39 Å². The summed E-state index contributed by atoms with van der Waals surface area (Å²) in [5, 5.41) is 4.80. The molecule has 0 fully saturated rings. The van der Waals surface area contributed by atoms with Gasteiger partial charge >= 0.3 is 0 Å². The van der Waals surface area contributed by atoms with Crippen LogP contribution in [0, 0.1) is 5.95 Å². The van der Waals surface area contributed by atoms with Crippen LogP contribution in [0.2, 0.25) is 0 Å². The average Bonchev–Trinajstić information content (AvgIpc) is 2.81. The molecule has 2 aromatic rings. The predicted molar refractivity (Wildman–Crippen MR) is 69.1 cm³/mol. The first-order chi connectivity index (χ1) is 8.65. The molecule has 0 spiro atoms. The third kappa shape index (κ3) is 3.37. The number of nitrogens with zero attached hydrogens (tertiary/aromatic N) is 1. The summed E-state index contributed by atoms with van der Waals surface area (Å²) in [7, 11) is 0. The molecule has 5 heteroatoms. The van der Waals surface area contributed by atoms with Crippen molar-refractivity contribution in [2.24, 2.45) is 0 Å². The molecule has 94 valence electrons. The smallest absolute Gasteiger partial charge is 0.270 e. The van der Waals surface area contributed by atoms with Crippen LogP contribution in [0.25, 0.3) is 0 Å². The van der Waals surface area contributed by atoms with Crippen LogP contribution in [0.4, 0.5) is 4.39 Å². The Balaban J connectivity index is 1.95. The van der Waals surface area contributed by atoms with Crippen LogP contribution < -0.4 is 5.32 Å². The molecule has 0 aliphatic rings. The maximum atomic E-state index is 12.9. The van der Waals surface area contributed by atoms with Gasteiger partial charge in [-0.3, -0.25) is 4.79 Å². The number of hydrogen-bond donors (Lipinski definition) is 1. The molecule has 0 radical (unpaired) electrons. The summed E-state index contributed by atoms with van der Waals surface area (Å²) in [6.45, 7) is 1.91. The summed E-state index contributed by atoms with van der Waals surface area (Å²) >= 11 is 1.65. The maximum absolute atomic E-state index is 12.9. The molecule has 0 saturated heterocycles. The number of hydrogen-bond acceptors (Lipinski definition) is 3. The van der Waals surface area contributed by atoms with Crippen molar-refractivity contribution >= 4 is 17.2 Å². The fourth-order valence-corrected chi connectivity index (χ4v) is 2.45. The van der Waals surface area contributed by atoms with Gasteiger partial charge in [0.05, 0.1) is 0 Å². The van der Waals surface area contributed by atoms with E-state index in [1.165, 1.54) is 23.1 Å². The topological polar surface area (TPSA) is 42.0 Å². The van der Waals surface area contributed by atoms with Crippen LogP contribution in [-0.2, 0) is 6.42 Å². The number of halogens is 1. The fraction of sp³-hybridized carbons (Fsp3) is 0.231. The van der Waals surface area contributed by atoms with E-state index >= 15 is 0 Å². The first-order valence-electron chi connectivity index (χ1n) is 5.61. The van der Waals surface area contributed by atoms with Gasteiger partial charge < -0.3 is 5.32 Å². The van der Waals surface area contributed by atoms with Gasteiger partial charge in [0.25, 0.3) is 5.91 Å². The Morgan fingerprint density at radius 3 is 2.94 bits per heavy atom. The Morgan fingerprint density at radius 2 is 2.28 bits per heavy atom. The minimum atomic E-state index is -0.645. The highest BCUT2D eigenvalue weighted by molar-refractivity contribution is 7.09. The number of rotatable bonds is 4. The summed E-state index contributed by atoms with van der Waals surface area (Å²) in [5.41, 5.74) is 0.105. The average molecular weight is 264 g/mol. The number of carbonyl (C=O) groups is 1. The molecule has 1 amide bonds. The van der Waals surface area contributed by atoms with Crippen LogP contribution in [0.1, 0.15) is 22.3 Å². The molecule has 0 aliphatic heterocycles. The van der Waals surface area contributed by atoms with E-state index in [9.17, 15) is 9.18 Å². The van der Waals surface area contributed by atoms with Gasteiger partial charge in [0.2, 0.25) is 5.95 Å². The Hall–Kier alpha value is -1.75. The predicted octanol–water partition coefficient (Wildman–Crippen LogP) is 2.64. The first kappa shape index (κ1) is 12.7. The summed E-state index contributed by atoms with van der Waals surface area (Å²) in [4.78, 5) is 16.5. The van der Waals surface area contributed by atoms with Crippen molar-refractivity contribution < 1.29 is 9.18 Å². The molecule has 3 nitrogen and oxygen atoms in total. The Bertz CT molecular complexity index is 528. The largest absolute Gasteiger partial charge is 0.348 e. The van der Waals surface area contributed by atoms with Crippen LogP contribution in [0.15, 0.2) is 35.7 Å². The van der Waals surface area contributed by atoms with E-state index in [4.69, 9.17) is 0 Å². The maximum Gasteiger partial charge on any atom is 0.270 e. The zero-order valence-corrected chi connectivity index (χ0v) is 10.7. The lowest BCUT2D eigenvalue weighted by Crippen LogP contribution is -2.34. The van der Waals surface area contributed by atoms with E-state index in [1.54, 1.807) is 11.3 Å². The van der Waals surface area contributed by atoms with E-state index in [2.05, 4.69) is 10.3 Å². The highest BCUT2D eigenvalue weighted by Gasteiger charge is 2.12. The van der Waals surface area contributed by atoms with Crippen molar-refractivity contribution in [1.29, 1.82) is 0 Å². The molecule has 1 atom stereocenters. The highest BCUT2D eigenvalue weighted by Crippen LogP contribution is 2.11. The number of nitrogens with one attached hydrogen (secondary N) is 1. The standard InChI is InChI=1S/C13H13FN2OS/c1-9(8-10-4-3-7-18-10)15-13(17)11-5-2-6-12(14)16-11/h2-7,9H,8H2,1H3,(H,15,17). The molecule has 0 aliphatic carbocycles. The van der Waals surface area contributed by atoms with Crippen molar-refractivity contribution in [3.8, 4) is 0 Å². The highest BCUT2D eigenvalue weighted by atomic mass is 32.1. The van der Waals surface area contributed by atoms with Gasteiger partial charge in [0.15, 0.2) is 0 Å². The Kier molecular flexibility index (Phi) is 4.04. The van der Waals surface area contributed by atoms with Crippen molar-refractivity contribution in [2.75, 3.05) is 0 Å². The van der Waals surface area contributed by atoms with Crippen molar-refractivity contribution in [1.82, 2.24) is 10.3 Å². The van der Waals surface area contributed by atoms with Crippen LogP contribution in [-0.4, -0.2) is 16.9 Å². The monoisotopic (exact) mass is 264 g/mol. The summed E-state index contributed by atoms with van der Waals surface area (Å²) < 4.78 is 12.9. The molecule has 2 heterocycles. The normalized spacial score (nSPS) is 12.1. The van der Waals surface area contributed by atoms with Gasteiger partial charge in [-0.05, 0) is 30.5 Å². The van der Waals surface area contributed by atoms with Crippen LogP contribution >= 0.6 is 11.3 Å². The van der Waals surface area contributed by atoms with Gasteiger partial charge in [-0.1, -0.05) is 12.1 Å². The number of carbonyl (C=O) groups excluding carboxylic acids is 1. The minimum Gasteiger partial charge on any atom is -0.348 e. The lowest BCUT2D eigenvalue weighted by Gasteiger charge is -2.12. The van der Waals surface area contributed by atoms with E-state index in [0.29, 0.717) is 0 Å². The third-order valence-electron chi connectivity index (χ3n) is 2.41. The van der Waals surface area contributed by atoms with Gasteiger partial charge in [-0.15, -0.1) is 11.3 Å². The van der Waals surface area contributed by atoms with E-state index in [0.717, 1.165) is 6.42 Å². The molecule has 2 rings (SSSR count). The quantitative estimate of drug-likeness (QED) is 0.863. The molecule has 0 saturated carbocycles. The molecule has 0 aromatic carbocycles. The molecular formula is C13H13FN2OS. The zero-order valence-electron chi connectivity index (χ0n) is 9.89. The second kappa shape index (κ2) is 5.73. The summed E-state index contributed by atoms with van der Waals surface area (Å²) in [6, 6.07) is 8.17. The number of pyridine rings is 1. The summed E-state index contributed by atoms with van der Waals surface area (Å²) in [6.07, 6.45) is 0.763. The van der Waals surface area contributed by atoms with Gasteiger partial charge in [0.1, 0.15) is 5.69 Å². The van der Waals surface area contributed by atoms with Crippen molar-refractivity contribution in [3.05, 3.63) is 52.2 Å². The number of thiophene rings is 1. The molecule has 18 heavy (non-hydrogen) atoms. The SMILES string of the molecule is CC(Cc1cccs1)NC(=O)c1cccc(F)n1. The first-order valence-corrected chi connectivity index (χ1v) is 6.49. The summed E-state index contributed by atoms with van der Waals surface area (Å²) in [5.74, 6) is -0.993. The van der Waals surface area contributed by atoms with Gasteiger partial charge in [0, 0.05) is 17.3 Å². The Morgan fingerprint density at radius 1 is 1.44 bits per heavy atom. The van der Waals surface area contributed by atoms with E-state index in [-0.39, 0.29) is 17.6 Å². The zero-order chi connectivity index (χ0) is 13.0. The van der Waals surface area contributed by atoms with Crippen molar-refractivity contribution in [2.45, 2.75) is 19.4 Å². The van der Waals surface area contributed by atoms with Crippen LogP contribution in [0.3, 0.4) is 0 Å². The van der Waals surface area contributed by atoms with Crippen LogP contribution in [0.5, 0.6) is 0 Å². The van der Waals surface area contributed by atoms with Gasteiger partial charge in [-0.25, -0.2) is 4.98 Å². The second-order valence-electron chi connectivity index (χ2n) is 4.00. The molecule has 1 unspecified atom stereocenters. The lowest BCUT2D eigenvalue weighted by atomic mass is 10.2. The third-order valence-corrected chi connectivity index (χ3v) is 3.31. The van der Waals surface area contributed by atoms with E-state index in [1.807, 2.05) is 24.4 Å². The fourth-order valence-electron chi connectivity index (χ4n) is 1.61. The molecule has 0 bridgehead atoms. The van der Waals surface area contributed by atoms with E-state index < -0.39 is 5.95 Å². The number of aromatic nitrogens is 1.